The van der Waals surface area contributed by atoms with Crippen LogP contribution in [0.3, 0.4) is 0 Å². The number of anilines is 1. The largest absolute Gasteiger partial charge is 0.481 e. The molecule has 1 unspecified atom stereocenters. The van der Waals surface area contributed by atoms with Crippen LogP contribution >= 0.6 is 0 Å². The standard InChI is InChI=1S/C13H13N3O4/c14-7-10-1-2-11(6-12(10)16(19)20)15-4-3-9(8-15)5-13(17)18/h1-2,6,9H,3-5,8H2,(H,17,18). The third-order valence-electron chi connectivity index (χ3n) is 3.41. The van der Waals surface area contributed by atoms with Crippen molar-refractivity contribution in [2.45, 2.75) is 12.8 Å². The van der Waals surface area contributed by atoms with Crippen LogP contribution in [0, 0.1) is 27.4 Å². The number of nitro groups is 1. The molecule has 0 aliphatic carbocycles. The number of benzene rings is 1. The first-order chi connectivity index (χ1) is 9.51. The van der Waals surface area contributed by atoms with E-state index in [9.17, 15) is 14.9 Å². The number of carbonyl (C=O) groups is 1. The van der Waals surface area contributed by atoms with Gasteiger partial charge in [0.15, 0.2) is 0 Å². The zero-order valence-corrected chi connectivity index (χ0v) is 10.7. The first-order valence-electron chi connectivity index (χ1n) is 6.16. The lowest BCUT2D eigenvalue weighted by Gasteiger charge is -2.18. The van der Waals surface area contributed by atoms with Crippen LogP contribution in [0.1, 0.15) is 18.4 Å². The molecule has 20 heavy (non-hydrogen) atoms. The summed E-state index contributed by atoms with van der Waals surface area (Å²) in [4.78, 5) is 22.9. The molecule has 7 heteroatoms. The van der Waals surface area contributed by atoms with Gasteiger partial charge < -0.3 is 10.0 Å². The number of nitrogens with zero attached hydrogens (tertiary/aromatic N) is 3. The molecule has 1 saturated heterocycles. The van der Waals surface area contributed by atoms with Gasteiger partial charge in [0, 0.05) is 31.3 Å². The third kappa shape index (κ3) is 2.85. The third-order valence-corrected chi connectivity index (χ3v) is 3.41. The van der Waals surface area contributed by atoms with Crippen LogP contribution in [0.4, 0.5) is 11.4 Å². The predicted octanol–water partition coefficient (Wildman–Crippen LogP) is 1.77. The first-order valence-corrected chi connectivity index (χ1v) is 6.16. The summed E-state index contributed by atoms with van der Waals surface area (Å²) in [5.41, 5.74) is 0.468. The van der Waals surface area contributed by atoms with Gasteiger partial charge in [0.1, 0.15) is 11.6 Å². The Bertz CT molecular complexity index is 594. The maximum absolute atomic E-state index is 10.9. The quantitative estimate of drug-likeness (QED) is 0.662. The molecule has 1 aromatic rings. The summed E-state index contributed by atoms with van der Waals surface area (Å²) < 4.78 is 0. The van der Waals surface area contributed by atoms with E-state index < -0.39 is 10.9 Å². The molecule has 1 aromatic carbocycles. The number of hydrogen-bond acceptors (Lipinski definition) is 5. The van der Waals surface area contributed by atoms with Gasteiger partial charge in [-0.15, -0.1) is 0 Å². The first kappa shape index (κ1) is 13.8. The second-order valence-corrected chi connectivity index (χ2v) is 4.77. The normalized spacial score (nSPS) is 17.8. The minimum atomic E-state index is -0.831. The van der Waals surface area contributed by atoms with Crippen LogP contribution in [0.2, 0.25) is 0 Å². The molecular weight excluding hydrogens is 262 g/mol. The van der Waals surface area contributed by atoms with E-state index in [0.29, 0.717) is 18.8 Å². The molecular formula is C13H13N3O4. The molecule has 0 radical (unpaired) electrons. The second kappa shape index (κ2) is 5.57. The van der Waals surface area contributed by atoms with E-state index in [1.807, 2.05) is 4.90 Å². The van der Waals surface area contributed by atoms with E-state index in [1.54, 1.807) is 12.1 Å². The second-order valence-electron chi connectivity index (χ2n) is 4.77. The summed E-state index contributed by atoms with van der Waals surface area (Å²) in [6.07, 6.45) is 0.856. The van der Waals surface area contributed by atoms with E-state index in [-0.39, 0.29) is 23.6 Å². The molecule has 104 valence electrons. The molecule has 1 fully saturated rings. The number of rotatable bonds is 4. The SMILES string of the molecule is N#Cc1ccc(N2CCC(CC(=O)O)C2)cc1[N+](=O)[O-]. The van der Waals surface area contributed by atoms with Gasteiger partial charge in [-0.1, -0.05) is 0 Å². The lowest BCUT2D eigenvalue weighted by Crippen LogP contribution is -2.20. The summed E-state index contributed by atoms with van der Waals surface area (Å²) in [6.45, 7) is 1.23. The average Bonchev–Trinajstić information content (AvgIpc) is 2.85. The molecule has 1 atom stereocenters. The molecule has 0 amide bonds. The highest BCUT2D eigenvalue weighted by molar-refractivity contribution is 5.67. The van der Waals surface area contributed by atoms with Gasteiger partial charge in [-0.3, -0.25) is 14.9 Å². The van der Waals surface area contributed by atoms with Gasteiger partial charge in [0.2, 0.25) is 0 Å². The molecule has 7 nitrogen and oxygen atoms in total. The number of nitro benzene ring substituents is 1. The zero-order chi connectivity index (χ0) is 14.7. The van der Waals surface area contributed by atoms with Crippen LogP contribution < -0.4 is 4.90 Å². The fourth-order valence-electron chi connectivity index (χ4n) is 2.44. The van der Waals surface area contributed by atoms with Gasteiger partial charge in [0.25, 0.3) is 5.69 Å². The summed E-state index contributed by atoms with van der Waals surface area (Å²) in [7, 11) is 0. The summed E-state index contributed by atoms with van der Waals surface area (Å²) in [6, 6.07) is 6.26. The van der Waals surface area contributed by atoms with E-state index >= 15 is 0 Å². The maximum Gasteiger partial charge on any atom is 0.303 e. The minimum absolute atomic E-state index is 0.0278. The van der Waals surface area contributed by atoms with Crippen LogP contribution in [0.5, 0.6) is 0 Å². The van der Waals surface area contributed by atoms with Gasteiger partial charge in [-0.05, 0) is 24.5 Å². The molecule has 0 spiro atoms. The van der Waals surface area contributed by atoms with Crippen molar-refractivity contribution in [2.75, 3.05) is 18.0 Å². The Morgan fingerprint density at radius 1 is 1.60 bits per heavy atom. The topological polar surface area (TPSA) is 107 Å². The molecule has 1 N–H and O–H groups in total. The lowest BCUT2D eigenvalue weighted by molar-refractivity contribution is -0.385. The van der Waals surface area contributed by atoms with Crippen molar-refractivity contribution in [1.29, 1.82) is 5.26 Å². The zero-order valence-electron chi connectivity index (χ0n) is 10.7. The van der Waals surface area contributed by atoms with Crippen molar-refractivity contribution in [1.82, 2.24) is 0 Å². The van der Waals surface area contributed by atoms with Crippen LogP contribution in [-0.4, -0.2) is 29.1 Å². The molecule has 2 rings (SSSR count). The van der Waals surface area contributed by atoms with Crippen molar-refractivity contribution in [2.24, 2.45) is 5.92 Å². The van der Waals surface area contributed by atoms with Crippen molar-refractivity contribution >= 4 is 17.3 Å². The summed E-state index contributed by atoms with van der Waals surface area (Å²) >= 11 is 0. The van der Waals surface area contributed by atoms with Gasteiger partial charge in [-0.25, -0.2) is 0 Å². The Morgan fingerprint density at radius 2 is 2.35 bits per heavy atom. The Kier molecular flexibility index (Phi) is 3.84. The van der Waals surface area contributed by atoms with Crippen molar-refractivity contribution in [3.05, 3.63) is 33.9 Å². The Morgan fingerprint density at radius 3 is 2.95 bits per heavy atom. The summed E-state index contributed by atoms with van der Waals surface area (Å²) in [5, 5.41) is 28.5. The number of carboxylic acids is 1. The van der Waals surface area contributed by atoms with E-state index in [2.05, 4.69) is 0 Å². The van der Waals surface area contributed by atoms with Gasteiger partial charge >= 0.3 is 5.97 Å². The fourth-order valence-corrected chi connectivity index (χ4v) is 2.44. The van der Waals surface area contributed by atoms with E-state index in [0.717, 1.165) is 6.42 Å². The van der Waals surface area contributed by atoms with Gasteiger partial charge in [0.05, 0.1) is 4.92 Å². The highest BCUT2D eigenvalue weighted by Crippen LogP contribution is 2.30. The molecule has 1 heterocycles. The highest BCUT2D eigenvalue weighted by atomic mass is 16.6. The molecule has 1 aliphatic heterocycles. The van der Waals surface area contributed by atoms with Crippen LogP contribution in [-0.2, 0) is 4.79 Å². The van der Waals surface area contributed by atoms with Crippen molar-refractivity contribution < 1.29 is 14.8 Å². The monoisotopic (exact) mass is 275 g/mol. The Labute approximate surface area is 115 Å². The number of carboxylic acid groups (broad SMARTS) is 1. The van der Waals surface area contributed by atoms with Crippen molar-refractivity contribution in [3.63, 3.8) is 0 Å². The smallest absolute Gasteiger partial charge is 0.303 e. The fraction of sp³-hybridized carbons (Fsp3) is 0.385. The van der Waals surface area contributed by atoms with Crippen LogP contribution in [0.25, 0.3) is 0 Å². The summed E-state index contributed by atoms with van der Waals surface area (Å²) in [5.74, 6) is -0.773. The van der Waals surface area contributed by atoms with Crippen LogP contribution in [0.15, 0.2) is 18.2 Å². The molecule has 0 bridgehead atoms. The Balaban J connectivity index is 2.19. The van der Waals surface area contributed by atoms with E-state index in [4.69, 9.17) is 10.4 Å². The molecule has 0 saturated carbocycles. The van der Waals surface area contributed by atoms with Crippen molar-refractivity contribution in [3.8, 4) is 6.07 Å². The molecule has 0 aromatic heterocycles. The Hall–Kier alpha value is -2.62. The number of hydrogen-bond donors (Lipinski definition) is 1. The molecule has 1 aliphatic rings. The van der Waals surface area contributed by atoms with E-state index in [1.165, 1.54) is 12.1 Å². The lowest BCUT2D eigenvalue weighted by atomic mass is 10.1. The number of aliphatic carboxylic acids is 1. The van der Waals surface area contributed by atoms with Gasteiger partial charge in [-0.2, -0.15) is 5.26 Å². The maximum atomic E-state index is 10.9. The average molecular weight is 275 g/mol. The highest BCUT2D eigenvalue weighted by Gasteiger charge is 2.26. The number of nitriles is 1. The minimum Gasteiger partial charge on any atom is -0.481 e. The predicted molar refractivity (Wildman–Crippen MR) is 70.4 cm³/mol.